The van der Waals surface area contributed by atoms with Crippen molar-refractivity contribution in [1.82, 2.24) is 0 Å². The molecule has 0 atom stereocenters. The molecule has 1 fully saturated rings. The molecular weight excluding hydrogens is 325 g/mol. The zero-order valence-electron chi connectivity index (χ0n) is 12.4. The number of hydrogen-bond acceptors (Lipinski definition) is 3. The molecular formula is C15H25Cl2N3S. The number of rotatable bonds is 4. The summed E-state index contributed by atoms with van der Waals surface area (Å²) >= 11 is 1.60. The minimum Gasteiger partial charge on any atom is -0.378 e. The minimum absolute atomic E-state index is 0. The second kappa shape index (κ2) is 9.57. The van der Waals surface area contributed by atoms with Crippen molar-refractivity contribution in [3.63, 3.8) is 0 Å². The maximum Gasteiger partial charge on any atom is 0.159 e. The largest absolute Gasteiger partial charge is 0.378 e. The Bertz CT molecular complexity index is 460. The van der Waals surface area contributed by atoms with Crippen LogP contribution >= 0.6 is 36.6 Å². The number of nitrogens with zero attached hydrogens (tertiary/aromatic N) is 1. The molecule has 2 rings (SSSR count). The molecule has 0 unspecified atom stereocenters. The van der Waals surface area contributed by atoms with Crippen LogP contribution in [0.1, 0.15) is 44.6 Å². The maximum absolute atomic E-state index is 6.48. The number of thioether (sulfide) groups is 1. The molecule has 120 valence electrons. The van der Waals surface area contributed by atoms with Gasteiger partial charge in [0.05, 0.1) is 5.69 Å². The van der Waals surface area contributed by atoms with Gasteiger partial charge in [0.25, 0.3) is 0 Å². The molecule has 1 aromatic carbocycles. The van der Waals surface area contributed by atoms with Crippen LogP contribution in [0.3, 0.4) is 0 Å². The number of halogens is 2. The second-order valence-corrected chi connectivity index (χ2v) is 6.33. The van der Waals surface area contributed by atoms with E-state index in [2.05, 4.69) is 24.0 Å². The quantitative estimate of drug-likeness (QED) is 0.627. The first-order valence-corrected chi connectivity index (χ1v) is 7.99. The van der Waals surface area contributed by atoms with Gasteiger partial charge in [0, 0.05) is 11.3 Å². The minimum atomic E-state index is -0.156. The van der Waals surface area contributed by atoms with E-state index in [-0.39, 0.29) is 30.4 Å². The van der Waals surface area contributed by atoms with Crippen molar-refractivity contribution >= 4 is 47.4 Å². The van der Waals surface area contributed by atoms with Gasteiger partial charge >= 0.3 is 0 Å². The lowest BCUT2D eigenvalue weighted by molar-refractivity contribution is 0.462. The molecule has 1 aliphatic carbocycles. The Morgan fingerprint density at radius 3 is 2.57 bits per heavy atom. The van der Waals surface area contributed by atoms with Gasteiger partial charge in [-0.3, -0.25) is 0 Å². The normalized spacial score (nSPS) is 17.0. The van der Waals surface area contributed by atoms with Crippen molar-refractivity contribution < 1.29 is 0 Å². The number of amidine groups is 1. The highest BCUT2D eigenvalue weighted by Gasteiger charge is 2.31. The topological polar surface area (TPSA) is 64.4 Å². The first-order chi connectivity index (χ1) is 9.14. The molecule has 6 heteroatoms. The highest BCUT2D eigenvalue weighted by atomic mass is 35.5. The summed E-state index contributed by atoms with van der Waals surface area (Å²) in [4.78, 5) is 4.46. The summed E-state index contributed by atoms with van der Waals surface area (Å²) < 4.78 is 0. The molecule has 0 amide bonds. The average molecular weight is 350 g/mol. The van der Waals surface area contributed by atoms with Crippen LogP contribution in [0, 0.1) is 0 Å². The Morgan fingerprint density at radius 2 is 1.95 bits per heavy atom. The monoisotopic (exact) mass is 349 g/mol. The summed E-state index contributed by atoms with van der Waals surface area (Å²) in [6.45, 7) is 2.14. The molecule has 0 aromatic heterocycles. The molecule has 3 nitrogen and oxygen atoms in total. The summed E-state index contributed by atoms with van der Waals surface area (Å²) in [7, 11) is 0. The van der Waals surface area contributed by atoms with Crippen molar-refractivity contribution in [2.75, 3.05) is 5.75 Å². The first kappa shape index (κ1) is 20.6. The van der Waals surface area contributed by atoms with E-state index >= 15 is 0 Å². The lowest BCUT2D eigenvalue weighted by Crippen LogP contribution is -2.32. The van der Waals surface area contributed by atoms with Crippen LogP contribution in [-0.2, 0) is 5.54 Å². The molecule has 0 radical (unpaired) electrons. The first-order valence-electron chi connectivity index (χ1n) is 7.00. The SMILES string of the molecule is CCCSC(N)=Nc1cccc(C2(N)CCCC2)c1.Cl.Cl. The van der Waals surface area contributed by atoms with Gasteiger partial charge in [-0.15, -0.1) is 24.8 Å². The van der Waals surface area contributed by atoms with E-state index in [1.165, 1.54) is 18.4 Å². The molecule has 0 saturated heterocycles. The van der Waals surface area contributed by atoms with E-state index in [1.807, 2.05) is 12.1 Å². The van der Waals surface area contributed by atoms with Crippen LogP contribution < -0.4 is 11.5 Å². The summed E-state index contributed by atoms with van der Waals surface area (Å²) in [5, 5.41) is 0.636. The Hall–Kier alpha value is -0.420. The van der Waals surface area contributed by atoms with Gasteiger partial charge in [0.15, 0.2) is 5.17 Å². The summed E-state index contributed by atoms with van der Waals surface area (Å²) in [6.07, 6.45) is 5.68. The Morgan fingerprint density at radius 1 is 1.29 bits per heavy atom. The van der Waals surface area contributed by atoms with Gasteiger partial charge in [0.2, 0.25) is 0 Å². The van der Waals surface area contributed by atoms with Crippen molar-refractivity contribution in [2.45, 2.75) is 44.6 Å². The van der Waals surface area contributed by atoms with Gasteiger partial charge in [-0.2, -0.15) is 0 Å². The zero-order valence-corrected chi connectivity index (χ0v) is 14.8. The standard InChI is InChI=1S/C15H23N3S.2ClH/c1-2-10-19-14(16)18-13-7-5-6-12(11-13)15(17)8-3-4-9-15;;/h5-7,11H,2-4,8-10,17H2,1H3,(H2,16,18);2*1H. The predicted octanol–water partition coefficient (Wildman–Crippen LogP) is 4.35. The van der Waals surface area contributed by atoms with E-state index in [1.54, 1.807) is 11.8 Å². The summed E-state index contributed by atoms with van der Waals surface area (Å²) in [6, 6.07) is 8.21. The molecule has 21 heavy (non-hydrogen) atoms. The molecule has 0 spiro atoms. The number of benzene rings is 1. The predicted molar refractivity (Wildman–Crippen MR) is 99.3 cm³/mol. The molecule has 1 aliphatic rings. The van der Waals surface area contributed by atoms with Gasteiger partial charge in [0.1, 0.15) is 0 Å². The maximum atomic E-state index is 6.48. The van der Waals surface area contributed by atoms with E-state index in [4.69, 9.17) is 11.5 Å². The van der Waals surface area contributed by atoms with Crippen molar-refractivity contribution in [1.29, 1.82) is 0 Å². The summed E-state index contributed by atoms with van der Waals surface area (Å²) in [5.41, 5.74) is 14.3. The van der Waals surface area contributed by atoms with Gasteiger partial charge in [-0.25, -0.2) is 4.99 Å². The van der Waals surface area contributed by atoms with E-state index in [0.717, 1.165) is 30.7 Å². The fraction of sp³-hybridized carbons (Fsp3) is 0.533. The highest BCUT2D eigenvalue weighted by Crippen LogP contribution is 2.37. The molecule has 0 bridgehead atoms. The lowest BCUT2D eigenvalue weighted by Gasteiger charge is -2.24. The van der Waals surface area contributed by atoms with Crippen LogP contribution in [0.5, 0.6) is 0 Å². The van der Waals surface area contributed by atoms with Crippen LogP contribution in [0.25, 0.3) is 0 Å². The van der Waals surface area contributed by atoms with Crippen LogP contribution in [0.4, 0.5) is 5.69 Å². The van der Waals surface area contributed by atoms with Crippen LogP contribution in [0.15, 0.2) is 29.3 Å². The molecule has 4 N–H and O–H groups in total. The highest BCUT2D eigenvalue weighted by molar-refractivity contribution is 8.13. The van der Waals surface area contributed by atoms with Gasteiger partial charge in [-0.1, -0.05) is 43.7 Å². The number of nitrogens with two attached hydrogens (primary N) is 2. The van der Waals surface area contributed by atoms with Gasteiger partial charge in [-0.05, 0) is 37.0 Å². The Balaban J connectivity index is 0.00000200. The fourth-order valence-corrected chi connectivity index (χ4v) is 3.13. The molecule has 1 aromatic rings. The van der Waals surface area contributed by atoms with Crippen molar-refractivity contribution in [2.24, 2.45) is 16.5 Å². The van der Waals surface area contributed by atoms with E-state index < -0.39 is 0 Å². The third kappa shape index (κ3) is 5.70. The van der Waals surface area contributed by atoms with Crippen molar-refractivity contribution in [3.05, 3.63) is 29.8 Å². The van der Waals surface area contributed by atoms with Crippen LogP contribution in [-0.4, -0.2) is 10.9 Å². The zero-order chi connectivity index (χ0) is 13.7. The van der Waals surface area contributed by atoms with E-state index in [0.29, 0.717) is 5.17 Å². The molecule has 0 heterocycles. The van der Waals surface area contributed by atoms with E-state index in [9.17, 15) is 0 Å². The third-order valence-corrected chi connectivity index (χ3v) is 4.61. The fourth-order valence-electron chi connectivity index (χ4n) is 2.55. The smallest absolute Gasteiger partial charge is 0.159 e. The Labute approximate surface area is 144 Å². The average Bonchev–Trinajstić information content (AvgIpc) is 2.85. The number of hydrogen-bond donors (Lipinski definition) is 2. The Kier molecular flexibility index (Phi) is 9.38. The van der Waals surface area contributed by atoms with Gasteiger partial charge < -0.3 is 11.5 Å². The number of aliphatic imine (C=N–C) groups is 1. The summed E-state index contributed by atoms with van der Waals surface area (Å²) in [5.74, 6) is 1.01. The molecule has 1 saturated carbocycles. The van der Waals surface area contributed by atoms with Crippen molar-refractivity contribution in [3.8, 4) is 0 Å². The molecule has 0 aliphatic heterocycles. The third-order valence-electron chi connectivity index (χ3n) is 3.61. The second-order valence-electron chi connectivity index (χ2n) is 5.21. The van der Waals surface area contributed by atoms with Crippen LogP contribution in [0.2, 0.25) is 0 Å². The lowest BCUT2D eigenvalue weighted by atomic mass is 9.89.